The summed E-state index contributed by atoms with van der Waals surface area (Å²) in [5, 5.41) is 0. The molecule has 1 N–H and O–H groups in total. The van der Waals surface area contributed by atoms with Crippen LogP contribution in [0.1, 0.15) is 54.0 Å². The minimum Gasteiger partial charge on any atom is -0.282 e. The number of hydrogen-bond acceptors (Lipinski definition) is 2. The average molecular weight is 314 g/mol. The molecule has 4 heteroatoms. The Kier molecular flexibility index (Phi) is 19.5. The van der Waals surface area contributed by atoms with Gasteiger partial charge in [0.05, 0.1) is 4.91 Å². The van der Waals surface area contributed by atoms with Gasteiger partial charge in [-0.1, -0.05) is 78.0 Å². The molecule has 122 valence electrons. The summed E-state index contributed by atoms with van der Waals surface area (Å²) in [6.45, 7) is 13.7. The van der Waals surface area contributed by atoms with Crippen molar-refractivity contribution in [2.75, 3.05) is 0 Å². The minimum atomic E-state index is -4.15. The van der Waals surface area contributed by atoms with Crippen molar-refractivity contribution in [3.05, 3.63) is 53.0 Å². The molecule has 0 spiro atoms. The van der Waals surface area contributed by atoms with Gasteiger partial charge in [-0.25, -0.2) is 0 Å². The third-order valence-corrected chi connectivity index (χ3v) is 2.59. The summed E-state index contributed by atoms with van der Waals surface area (Å²) in [7, 11) is -4.15. The highest BCUT2D eigenvalue weighted by atomic mass is 32.2. The molecular formula is C17H30O3S. The Morgan fingerprint density at radius 2 is 1.38 bits per heavy atom. The van der Waals surface area contributed by atoms with E-state index in [0.717, 1.165) is 5.56 Å². The molecule has 0 aliphatic carbocycles. The Balaban J connectivity index is -0.000000478. The van der Waals surface area contributed by atoms with E-state index < -0.39 is 10.1 Å². The van der Waals surface area contributed by atoms with E-state index in [2.05, 4.69) is 0 Å². The van der Waals surface area contributed by atoms with Gasteiger partial charge in [0.15, 0.2) is 0 Å². The molecule has 0 fully saturated rings. The van der Waals surface area contributed by atoms with Crippen LogP contribution in [0.5, 0.6) is 0 Å². The van der Waals surface area contributed by atoms with Gasteiger partial charge in [0.1, 0.15) is 0 Å². The maximum Gasteiger partial charge on any atom is 0.294 e. The van der Waals surface area contributed by atoms with Gasteiger partial charge in [-0.15, -0.1) is 0 Å². The summed E-state index contributed by atoms with van der Waals surface area (Å²) in [4.78, 5) is -0.115. The Hall–Kier alpha value is -1.39. The fraction of sp³-hybridized carbons (Fsp3) is 0.412. The summed E-state index contributed by atoms with van der Waals surface area (Å²) >= 11 is 0. The van der Waals surface area contributed by atoms with Crippen molar-refractivity contribution < 1.29 is 13.0 Å². The molecule has 0 saturated heterocycles. The van der Waals surface area contributed by atoms with Crippen LogP contribution in [0, 0.1) is 0 Å². The predicted molar refractivity (Wildman–Crippen MR) is 94.8 cm³/mol. The normalized spacial score (nSPS) is 10.4. The summed E-state index contributed by atoms with van der Waals surface area (Å²) in [6, 6.07) is 8.94. The number of hydrogen-bond donors (Lipinski definition) is 1. The van der Waals surface area contributed by atoms with E-state index in [-0.39, 0.29) is 4.91 Å². The van der Waals surface area contributed by atoms with Gasteiger partial charge < -0.3 is 0 Å². The average Bonchev–Trinajstić information content (AvgIpc) is 2.53. The van der Waals surface area contributed by atoms with E-state index in [1.807, 2.05) is 47.6 Å². The van der Waals surface area contributed by atoms with E-state index in [0.29, 0.717) is 0 Å². The number of allylic oxidation sites excluding steroid dienone is 2. The standard InChI is InChI=1S/C11H12O3S.3C2H6/c1-2-6-11(15(12,13)14)9-10-7-4-3-5-8-10;3*1-2/h2-9H,1H3,(H,12,13,14);3*1-2H3/b6-2-,11-9+;;;. The van der Waals surface area contributed by atoms with E-state index >= 15 is 0 Å². The highest BCUT2D eigenvalue weighted by molar-refractivity contribution is 7.90. The van der Waals surface area contributed by atoms with E-state index in [4.69, 9.17) is 4.55 Å². The maximum atomic E-state index is 11.0. The largest absolute Gasteiger partial charge is 0.294 e. The lowest BCUT2D eigenvalue weighted by Gasteiger charge is -1.98. The molecule has 0 radical (unpaired) electrons. The topological polar surface area (TPSA) is 54.4 Å². The van der Waals surface area contributed by atoms with E-state index in [1.54, 1.807) is 37.3 Å². The molecule has 0 saturated carbocycles. The van der Waals surface area contributed by atoms with Crippen molar-refractivity contribution in [3.63, 3.8) is 0 Å². The quantitative estimate of drug-likeness (QED) is 0.586. The van der Waals surface area contributed by atoms with Gasteiger partial charge in [-0.2, -0.15) is 8.42 Å². The summed E-state index contributed by atoms with van der Waals surface area (Å²) < 4.78 is 30.8. The molecule has 1 aromatic rings. The monoisotopic (exact) mass is 314 g/mol. The molecule has 3 nitrogen and oxygen atoms in total. The summed E-state index contributed by atoms with van der Waals surface area (Å²) in [5.74, 6) is 0. The molecule has 0 aromatic heterocycles. The van der Waals surface area contributed by atoms with Crippen LogP contribution in [0.25, 0.3) is 6.08 Å². The van der Waals surface area contributed by atoms with Gasteiger partial charge in [-0.3, -0.25) is 4.55 Å². The van der Waals surface area contributed by atoms with Crippen molar-refractivity contribution in [3.8, 4) is 0 Å². The van der Waals surface area contributed by atoms with Crippen LogP contribution in [0.2, 0.25) is 0 Å². The van der Waals surface area contributed by atoms with Crippen LogP contribution in [-0.4, -0.2) is 13.0 Å². The van der Waals surface area contributed by atoms with Gasteiger partial charge in [0.25, 0.3) is 10.1 Å². The van der Waals surface area contributed by atoms with Crippen molar-refractivity contribution in [2.24, 2.45) is 0 Å². The van der Waals surface area contributed by atoms with Crippen molar-refractivity contribution in [2.45, 2.75) is 48.5 Å². The molecule has 0 amide bonds. The Morgan fingerprint density at radius 1 is 0.952 bits per heavy atom. The smallest absolute Gasteiger partial charge is 0.282 e. The van der Waals surface area contributed by atoms with Crippen molar-refractivity contribution in [1.82, 2.24) is 0 Å². The predicted octanol–water partition coefficient (Wildman–Crippen LogP) is 5.57. The second-order valence-electron chi connectivity index (χ2n) is 2.93. The van der Waals surface area contributed by atoms with Crippen LogP contribution >= 0.6 is 0 Å². The number of rotatable bonds is 3. The summed E-state index contributed by atoms with van der Waals surface area (Å²) in [6.07, 6.45) is 4.32. The molecule has 0 aliphatic rings. The Bertz CT molecular complexity index is 472. The third kappa shape index (κ3) is 13.4. The zero-order valence-corrected chi connectivity index (χ0v) is 15.1. The molecule has 21 heavy (non-hydrogen) atoms. The SMILES string of the molecule is C/C=C\C(=C/c1ccccc1)S(=O)(=O)O.CC.CC.CC. The van der Waals surface area contributed by atoms with Crippen LogP contribution in [0.3, 0.4) is 0 Å². The van der Waals surface area contributed by atoms with Crippen LogP contribution in [0.4, 0.5) is 0 Å². The molecule has 0 bridgehead atoms. The van der Waals surface area contributed by atoms with Crippen LogP contribution < -0.4 is 0 Å². The second kappa shape index (κ2) is 16.7. The lowest BCUT2D eigenvalue weighted by Crippen LogP contribution is -1.99. The fourth-order valence-electron chi connectivity index (χ4n) is 1.09. The Morgan fingerprint density at radius 3 is 1.71 bits per heavy atom. The molecule has 0 atom stereocenters. The molecule has 1 aromatic carbocycles. The molecular weight excluding hydrogens is 284 g/mol. The van der Waals surface area contributed by atoms with Crippen LogP contribution in [0.15, 0.2) is 47.4 Å². The molecule has 0 aliphatic heterocycles. The maximum absolute atomic E-state index is 11.0. The van der Waals surface area contributed by atoms with Gasteiger partial charge in [0, 0.05) is 0 Å². The minimum absolute atomic E-state index is 0.115. The van der Waals surface area contributed by atoms with Gasteiger partial charge >= 0.3 is 0 Å². The lowest BCUT2D eigenvalue weighted by atomic mass is 10.2. The third-order valence-electron chi connectivity index (χ3n) is 1.74. The molecule has 0 heterocycles. The lowest BCUT2D eigenvalue weighted by molar-refractivity contribution is 0.492. The highest BCUT2D eigenvalue weighted by Gasteiger charge is 2.09. The number of benzene rings is 1. The highest BCUT2D eigenvalue weighted by Crippen LogP contribution is 2.12. The zero-order chi connectivity index (χ0) is 17.3. The summed E-state index contributed by atoms with van der Waals surface area (Å²) in [5.41, 5.74) is 0.725. The van der Waals surface area contributed by atoms with Crippen molar-refractivity contribution in [1.29, 1.82) is 0 Å². The van der Waals surface area contributed by atoms with E-state index in [9.17, 15) is 8.42 Å². The van der Waals surface area contributed by atoms with Gasteiger partial charge in [-0.05, 0) is 24.6 Å². The first kappa shape index (κ1) is 24.6. The van der Waals surface area contributed by atoms with Gasteiger partial charge in [0.2, 0.25) is 0 Å². The fourth-order valence-corrected chi connectivity index (χ4v) is 1.68. The molecule has 1 rings (SSSR count). The second-order valence-corrected chi connectivity index (χ2v) is 4.35. The van der Waals surface area contributed by atoms with Crippen molar-refractivity contribution >= 4 is 16.2 Å². The molecule has 0 unspecified atom stereocenters. The first-order valence-corrected chi connectivity index (χ1v) is 8.85. The Labute approximate surface area is 131 Å². The van der Waals surface area contributed by atoms with Crippen LogP contribution in [-0.2, 0) is 10.1 Å². The first-order chi connectivity index (χ1) is 10.0. The van der Waals surface area contributed by atoms with E-state index in [1.165, 1.54) is 12.2 Å². The zero-order valence-electron chi connectivity index (χ0n) is 14.3. The first-order valence-electron chi connectivity index (χ1n) is 7.41.